The fourth-order valence-electron chi connectivity index (χ4n) is 3.01. The smallest absolute Gasteiger partial charge is 0.267 e. The molecule has 6 nitrogen and oxygen atoms in total. The second-order valence-corrected chi connectivity index (χ2v) is 8.56. The summed E-state index contributed by atoms with van der Waals surface area (Å²) in [5.41, 5.74) is 0.736. The van der Waals surface area contributed by atoms with Crippen LogP contribution < -0.4 is 10.9 Å². The summed E-state index contributed by atoms with van der Waals surface area (Å²) >= 11 is 6.57. The maximum Gasteiger partial charge on any atom is 0.267 e. The Morgan fingerprint density at radius 2 is 2.07 bits per heavy atom. The van der Waals surface area contributed by atoms with Crippen LogP contribution in [0.2, 0.25) is 0 Å². The summed E-state index contributed by atoms with van der Waals surface area (Å²) < 4.78 is 2.00. The zero-order chi connectivity index (χ0) is 20.3. The van der Waals surface area contributed by atoms with Crippen LogP contribution in [0.3, 0.4) is 0 Å². The van der Waals surface area contributed by atoms with Crippen molar-refractivity contribution in [3.8, 4) is 0 Å². The number of thioether (sulfide) groups is 1. The van der Waals surface area contributed by atoms with Crippen LogP contribution in [0.25, 0.3) is 11.7 Å². The van der Waals surface area contributed by atoms with Gasteiger partial charge in [0.15, 0.2) is 0 Å². The largest absolute Gasteiger partial charge is 0.369 e. The monoisotopic (exact) mass is 416 g/mol. The van der Waals surface area contributed by atoms with Crippen molar-refractivity contribution in [2.75, 3.05) is 11.9 Å². The van der Waals surface area contributed by atoms with Crippen molar-refractivity contribution >= 4 is 51.7 Å². The van der Waals surface area contributed by atoms with Gasteiger partial charge in [-0.15, -0.1) is 0 Å². The van der Waals surface area contributed by atoms with E-state index in [2.05, 4.69) is 17.2 Å². The third-order valence-electron chi connectivity index (χ3n) is 4.46. The molecule has 1 fully saturated rings. The zero-order valence-corrected chi connectivity index (χ0v) is 17.9. The molecule has 1 aliphatic heterocycles. The summed E-state index contributed by atoms with van der Waals surface area (Å²) in [6.07, 6.45) is 6.50. The van der Waals surface area contributed by atoms with E-state index in [-0.39, 0.29) is 17.5 Å². The molecule has 0 saturated carbocycles. The molecule has 0 spiro atoms. The number of carbonyl (C=O) groups excluding carboxylic acids is 1. The predicted octanol–water partition coefficient (Wildman–Crippen LogP) is 3.91. The number of amides is 1. The number of hydrogen-bond donors (Lipinski definition) is 1. The summed E-state index contributed by atoms with van der Waals surface area (Å²) in [5, 5.41) is 3.28. The highest BCUT2D eigenvalue weighted by Crippen LogP contribution is 2.34. The molecule has 2 aromatic rings. The van der Waals surface area contributed by atoms with Gasteiger partial charge in [0, 0.05) is 18.8 Å². The molecule has 0 unspecified atom stereocenters. The number of pyridine rings is 1. The number of thiocarbonyl (C=S) groups is 1. The first-order chi connectivity index (χ1) is 13.4. The van der Waals surface area contributed by atoms with Gasteiger partial charge in [0.25, 0.3) is 11.5 Å². The van der Waals surface area contributed by atoms with Crippen molar-refractivity contribution in [2.24, 2.45) is 0 Å². The zero-order valence-electron chi connectivity index (χ0n) is 16.3. The first-order valence-electron chi connectivity index (χ1n) is 9.46. The molecule has 0 radical (unpaired) electrons. The molecular weight excluding hydrogens is 392 g/mol. The minimum Gasteiger partial charge on any atom is -0.369 e. The Morgan fingerprint density at radius 1 is 1.29 bits per heavy atom. The second kappa shape index (κ2) is 8.87. The summed E-state index contributed by atoms with van der Waals surface area (Å²) in [5.74, 6) is 0.335. The van der Waals surface area contributed by atoms with Crippen LogP contribution in [-0.2, 0) is 4.79 Å². The van der Waals surface area contributed by atoms with Gasteiger partial charge in [0.1, 0.15) is 15.8 Å². The number of aromatic nitrogens is 2. The molecular formula is C20H24N4O2S2. The molecule has 28 heavy (non-hydrogen) atoms. The van der Waals surface area contributed by atoms with Gasteiger partial charge in [0.05, 0.1) is 10.5 Å². The van der Waals surface area contributed by atoms with Crippen LogP contribution in [0.15, 0.2) is 34.1 Å². The van der Waals surface area contributed by atoms with Gasteiger partial charge in [-0.1, -0.05) is 49.8 Å². The number of fused-ring (bicyclic) bond motifs is 1. The van der Waals surface area contributed by atoms with E-state index >= 15 is 0 Å². The number of nitrogens with zero attached hydrogens (tertiary/aromatic N) is 3. The van der Waals surface area contributed by atoms with Crippen molar-refractivity contribution in [1.82, 2.24) is 14.3 Å². The average Bonchev–Trinajstić information content (AvgIpc) is 2.95. The number of nitrogens with one attached hydrogen (secondary N) is 1. The van der Waals surface area contributed by atoms with E-state index in [1.54, 1.807) is 29.3 Å². The Kier molecular flexibility index (Phi) is 6.51. The van der Waals surface area contributed by atoms with Gasteiger partial charge >= 0.3 is 0 Å². The SMILES string of the molecule is CCCCCNc1nc2ccccn2c(=O)c1/C=C1/SC(=S)N(C(C)C)C1=O. The molecule has 0 aliphatic carbocycles. The molecule has 1 saturated heterocycles. The van der Waals surface area contributed by atoms with Gasteiger partial charge in [-0.25, -0.2) is 4.98 Å². The molecule has 3 heterocycles. The van der Waals surface area contributed by atoms with Gasteiger partial charge in [-0.05, 0) is 38.5 Å². The Labute approximate surface area is 174 Å². The van der Waals surface area contributed by atoms with E-state index in [9.17, 15) is 9.59 Å². The number of anilines is 1. The van der Waals surface area contributed by atoms with Gasteiger partial charge < -0.3 is 5.32 Å². The molecule has 1 amide bonds. The third-order valence-corrected chi connectivity index (χ3v) is 5.79. The van der Waals surface area contributed by atoms with Gasteiger partial charge in [-0.2, -0.15) is 0 Å². The van der Waals surface area contributed by atoms with Crippen molar-refractivity contribution in [1.29, 1.82) is 0 Å². The molecule has 0 aromatic carbocycles. The van der Waals surface area contributed by atoms with E-state index in [0.717, 1.165) is 25.8 Å². The maximum absolute atomic E-state index is 13.1. The molecule has 2 aromatic heterocycles. The fourth-order valence-corrected chi connectivity index (χ4v) is 4.51. The molecule has 8 heteroatoms. The minimum atomic E-state index is -0.210. The van der Waals surface area contributed by atoms with E-state index < -0.39 is 0 Å². The van der Waals surface area contributed by atoms with Crippen molar-refractivity contribution in [3.05, 3.63) is 45.2 Å². The first-order valence-corrected chi connectivity index (χ1v) is 10.7. The average molecular weight is 417 g/mol. The topological polar surface area (TPSA) is 66.7 Å². The number of hydrogen-bond acceptors (Lipinski definition) is 6. The van der Waals surface area contributed by atoms with E-state index in [1.807, 2.05) is 19.9 Å². The highest BCUT2D eigenvalue weighted by Gasteiger charge is 2.34. The normalized spacial score (nSPS) is 16.0. The highest BCUT2D eigenvalue weighted by molar-refractivity contribution is 8.26. The van der Waals surface area contributed by atoms with E-state index in [1.165, 1.54) is 16.2 Å². The van der Waals surface area contributed by atoms with E-state index in [4.69, 9.17) is 12.2 Å². The lowest BCUT2D eigenvalue weighted by Gasteiger charge is -2.18. The van der Waals surface area contributed by atoms with Crippen LogP contribution >= 0.6 is 24.0 Å². The number of rotatable bonds is 7. The van der Waals surface area contributed by atoms with Crippen LogP contribution in [0.5, 0.6) is 0 Å². The summed E-state index contributed by atoms with van der Waals surface area (Å²) in [6.45, 7) is 6.70. The molecule has 148 valence electrons. The highest BCUT2D eigenvalue weighted by atomic mass is 32.2. The number of carbonyl (C=O) groups is 1. The quantitative estimate of drug-likeness (QED) is 0.419. The van der Waals surface area contributed by atoms with Crippen molar-refractivity contribution in [3.63, 3.8) is 0 Å². The minimum absolute atomic E-state index is 0.0270. The Balaban J connectivity index is 2.05. The number of unbranched alkanes of at least 4 members (excludes halogenated alkanes) is 2. The summed E-state index contributed by atoms with van der Waals surface area (Å²) in [4.78, 5) is 32.5. The predicted molar refractivity (Wildman–Crippen MR) is 120 cm³/mol. The van der Waals surface area contributed by atoms with Crippen molar-refractivity contribution in [2.45, 2.75) is 46.1 Å². The van der Waals surface area contributed by atoms with Crippen LogP contribution in [0.4, 0.5) is 5.82 Å². The summed E-state index contributed by atoms with van der Waals surface area (Å²) in [6, 6.07) is 5.39. The Bertz CT molecular complexity index is 997. The molecule has 1 N–H and O–H groups in total. The van der Waals surface area contributed by atoms with Crippen molar-refractivity contribution < 1.29 is 4.79 Å². The lowest BCUT2D eigenvalue weighted by atomic mass is 10.2. The standard InChI is InChI=1S/C20H24N4O2S2/c1-4-5-7-10-21-17-14(18(25)23-11-8-6-9-16(23)22-17)12-15-19(26)24(13(2)3)20(27)28-15/h6,8-9,11-13,21H,4-5,7,10H2,1-3H3/b15-12+. The Hall–Kier alpha value is -2.19. The lowest BCUT2D eigenvalue weighted by Crippen LogP contribution is -2.34. The summed E-state index contributed by atoms with van der Waals surface area (Å²) in [7, 11) is 0. The van der Waals surface area contributed by atoms with Crippen LogP contribution in [0, 0.1) is 0 Å². The second-order valence-electron chi connectivity index (χ2n) is 6.89. The molecule has 1 aliphatic rings. The van der Waals surface area contributed by atoms with E-state index in [0.29, 0.717) is 26.3 Å². The fraction of sp³-hybridized carbons (Fsp3) is 0.400. The third kappa shape index (κ3) is 4.12. The van der Waals surface area contributed by atoms with Crippen LogP contribution in [-0.4, -0.2) is 37.1 Å². The molecule has 0 bridgehead atoms. The maximum atomic E-state index is 13.1. The van der Waals surface area contributed by atoms with Gasteiger partial charge in [0.2, 0.25) is 0 Å². The lowest BCUT2D eigenvalue weighted by molar-refractivity contribution is -0.123. The Morgan fingerprint density at radius 3 is 2.75 bits per heavy atom. The van der Waals surface area contributed by atoms with Crippen LogP contribution in [0.1, 0.15) is 45.6 Å². The molecule has 0 atom stereocenters. The first kappa shape index (κ1) is 20.5. The van der Waals surface area contributed by atoms with Gasteiger partial charge in [-0.3, -0.25) is 18.9 Å². The molecule has 3 rings (SSSR count).